The number of thioether (sulfide) groups is 1. The summed E-state index contributed by atoms with van der Waals surface area (Å²) in [6.07, 6.45) is 1.91. The average molecular weight is 415 g/mol. The molecule has 0 spiro atoms. The van der Waals surface area contributed by atoms with E-state index in [1.807, 2.05) is 67.6 Å². The number of carbonyl (C=O) groups excluding carboxylic acids is 1. The Labute approximate surface area is 180 Å². The molecule has 0 N–H and O–H groups in total. The second-order valence-electron chi connectivity index (χ2n) is 7.06. The van der Waals surface area contributed by atoms with Crippen molar-refractivity contribution in [2.45, 2.75) is 6.92 Å². The number of carbonyl (C=O) groups is 1. The van der Waals surface area contributed by atoms with Gasteiger partial charge in [-0.1, -0.05) is 54.1 Å². The zero-order valence-corrected chi connectivity index (χ0v) is 17.9. The summed E-state index contributed by atoms with van der Waals surface area (Å²) >= 11 is 1.40. The Morgan fingerprint density at radius 1 is 0.967 bits per heavy atom. The molecule has 0 atom stereocenters. The summed E-state index contributed by atoms with van der Waals surface area (Å²) in [5, 5.41) is 0.683. The van der Waals surface area contributed by atoms with E-state index in [0.717, 1.165) is 28.1 Å². The number of amidine groups is 1. The lowest BCUT2D eigenvalue weighted by atomic mass is 10.0. The van der Waals surface area contributed by atoms with E-state index in [1.165, 1.54) is 17.3 Å². The van der Waals surface area contributed by atoms with Gasteiger partial charge in [-0.2, -0.15) is 0 Å². The third-order valence-electron chi connectivity index (χ3n) is 4.87. The molecule has 4 nitrogen and oxygen atoms in total. The first-order chi connectivity index (χ1) is 14.5. The predicted molar refractivity (Wildman–Crippen MR) is 125 cm³/mol. The van der Waals surface area contributed by atoms with Gasteiger partial charge in [-0.05, 0) is 65.7 Å². The second kappa shape index (κ2) is 8.59. The fourth-order valence-electron chi connectivity index (χ4n) is 3.11. The first-order valence-electron chi connectivity index (χ1n) is 9.61. The number of amides is 1. The number of ether oxygens (including phenoxy) is 1. The van der Waals surface area contributed by atoms with E-state index < -0.39 is 0 Å². The van der Waals surface area contributed by atoms with E-state index in [0.29, 0.717) is 10.1 Å². The van der Waals surface area contributed by atoms with Gasteiger partial charge in [0.25, 0.3) is 5.91 Å². The first-order valence-corrected chi connectivity index (χ1v) is 10.4. The molecule has 1 aliphatic heterocycles. The molecule has 1 fully saturated rings. The van der Waals surface area contributed by atoms with E-state index in [4.69, 9.17) is 4.74 Å². The minimum Gasteiger partial charge on any atom is -0.497 e. The standard InChI is InChI=1S/C25H22N2O2S/c1-17-7-13-21(14-8-17)26-25-27(2)24(28)23(30-25)15-18-9-11-19(12-10-18)20-5-4-6-22(16-20)29-3/h4-16H,1-3H3/b23-15-,26-25?. The van der Waals surface area contributed by atoms with Gasteiger partial charge in [-0.3, -0.25) is 9.69 Å². The summed E-state index contributed by atoms with van der Waals surface area (Å²) in [7, 11) is 3.42. The fourth-order valence-corrected chi connectivity index (χ4v) is 4.09. The highest BCUT2D eigenvalue weighted by Crippen LogP contribution is 2.33. The number of aryl methyl sites for hydroxylation is 1. The van der Waals surface area contributed by atoms with Crippen LogP contribution in [0, 0.1) is 6.92 Å². The van der Waals surface area contributed by atoms with Crippen LogP contribution in [0.1, 0.15) is 11.1 Å². The van der Waals surface area contributed by atoms with Gasteiger partial charge in [0.1, 0.15) is 5.75 Å². The lowest BCUT2D eigenvalue weighted by Gasteiger charge is -2.07. The second-order valence-corrected chi connectivity index (χ2v) is 8.07. The summed E-state index contributed by atoms with van der Waals surface area (Å²) in [5.74, 6) is 0.790. The van der Waals surface area contributed by atoms with E-state index in [9.17, 15) is 4.79 Å². The van der Waals surface area contributed by atoms with Crippen molar-refractivity contribution < 1.29 is 9.53 Å². The highest BCUT2D eigenvalue weighted by atomic mass is 32.2. The van der Waals surface area contributed by atoms with Crippen LogP contribution in [0.15, 0.2) is 82.7 Å². The summed E-state index contributed by atoms with van der Waals surface area (Å²) in [6, 6.07) is 24.0. The topological polar surface area (TPSA) is 41.9 Å². The van der Waals surface area contributed by atoms with Gasteiger partial charge in [0.2, 0.25) is 0 Å². The Morgan fingerprint density at radius 2 is 1.70 bits per heavy atom. The molecule has 0 saturated carbocycles. The quantitative estimate of drug-likeness (QED) is 0.499. The van der Waals surface area contributed by atoms with Crippen molar-refractivity contribution in [2.24, 2.45) is 4.99 Å². The normalized spacial score (nSPS) is 16.5. The molecule has 5 heteroatoms. The Balaban J connectivity index is 1.55. The van der Waals surface area contributed by atoms with Crippen LogP contribution in [-0.2, 0) is 4.79 Å². The molecule has 3 aromatic rings. The maximum absolute atomic E-state index is 12.7. The van der Waals surface area contributed by atoms with Gasteiger partial charge in [0.15, 0.2) is 5.17 Å². The number of hydrogen-bond donors (Lipinski definition) is 0. The molecule has 0 aliphatic carbocycles. The van der Waals surface area contributed by atoms with Gasteiger partial charge < -0.3 is 4.74 Å². The molecule has 0 radical (unpaired) electrons. The molecule has 150 valence electrons. The van der Waals surface area contributed by atoms with Gasteiger partial charge in [-0.25, -0.2) is 4.99 Å². The maximum Gasteiger partial charge on any atom is 0.266 e. The predicted octanol–water partition coefficient (Wildman–Crippen LogP) is 5.90. The number of hydrogen-bond acceptors (Lipinski definition) is 4. The fraction of sp³-hybridized carbons (Fsp3) is 0.120. The van der Waals surface area contributed by atoms with Crippen molar-refractivity contribution in [1.29, 1.82) is 0 Å². The third-order valence-corrected chi connectivity index (χ3v) is 5.93. The van der Waals surface area contributed by atoms with Crippen molar-refractivity contribution in [1.82, 2.24) is 4.90 Å². The molecule has 1 saturated heterocycles. The van der Waals surface area contributed by atoms with E-state index >= 15 is 0 Å². The average Bonchev–Trinajstić information content (AvgIpc) is 3.03. The number of nitrogens with zero attached hydrogens (tertiary/aromatic N) is 2. The van der Waals surface area contributed by atoms with Crippen molar-refractivity contribution in [2.75, 3.05) is 14.2 Å². The minimum atomic E-state index is -0.0391. The van der Waals surface area contributed by atoms with Gasteiger partial charge in [0, 0.05) is 7.05 Å². The molecule has 0 bridgehead atoms. The lowest BCUT2D eigenvalue weighted by molar-refractivity contribution is -0.121. The van der Waals surface area contributed by atoms with Crippen LogP contribution in [0.3, 0.4) is 0 Å². The van der Waals surface area contributed by atoms with Crippen LogP contribution in [0.2, 0.25) is 0 Å². The number of methoxy groups -OCH3 is 1. The van der Waals surface area contributed by atoms with E-state index in [1.54, 1.807) is 19.1 Å². The molecule has 1 heterocycles. The molecule has 30 heavy (non-hydrogen) atoms. The largest absolute Gasteiger partial charge is 0.497 e. The Kier molecular flexibility index (Phi) is 5.72. The lowest BCUT2D eigenvalue weighted by Crippen LogP contribution is -2.23. The van der Waals surface area contributed by atoms with Gasteiger partial charge in [0.05, 0.1) is 17.7 Å². The van der Waals surface area contributed by atoms with E-state index in [2.05, 4.69) is 23.2 Å². The molecule has 1 amide bonds. The molecule has 4 rings (SSSR count). The maximum atomic E-state index is 12.7. The van der Waals surface area contributed by atoms with Crippen molar-refractivity contribution >= 4 is 34.6 Å². The van der Waals surface area contributed by atoms with Crippen LogP contribution < -0.4 is 4.74 Å². The van der Waals surface area contributed by atoms with Crippen LogP contribution >= 0.6 is 11.8 Å². The molecule has 0 aromatic heterocycles. The zero-order chi connectivity index (χ0) is 21.1. The Bertz CT molecular complexity index is 1130. The number of benzene rings is 3. The molecular weight excluding hydrogens is 392 g/mol. The summed E-state index contributed by atoms with van der Waals surface area (Å²) in [5.41, 5.74) is 5.18. The SMILES string of the molecule is COc1cccc(-c2ccc(/C=C3\SC(=Nc4ccc(C)cc4)N(C)C3=O)cc2)c1. The Morgan fingerprint density at radius 3 is 2.40 bits per heavy atom. The summed E-state index contributed by atoms with van der Waals surface area (Å²) in [4.78, 5) is 19.6. The minimum absolute atomic E-state index is 0.0391. The summed E-state index contributed by atoms with van der Waals surface area (Å²) in [6.45, 7) is 2.04. The third kappa shape index (κ3) is 4.31. The Hall–Kier alpha value is -3.31. The van der Waals surface area contributed by atoms with E-state index in [-0.39, 0.29) is 5.91 Å². The molecule has 0 unspecified atom stereocenters. The number of rotatable bonds is 4. The van der Waals surface area contributed by atoms with Gasteiger partial charge >= 0.3 is 0 Å². The van der Waals surface area contributed by atoms with Crippen LogP contribution in [0.4, 0.5) is 5.69 Å². The summed E-state index contributed by atoms with van der Waals surface area (Å²) < 4.78 is 5.30. The number of aliphatic imine (C=N–C) groups is 1. The first kappa shape index (κ1) is 20.0. The monoisotopic (exact) mass is 414 g/mol. The van der Waals surface area contributed by atoms with Crippen molar-refractivity contribution in [3.05, 3.63) is 88.8 Å². The van der Waals surface area contributed by atoms with Crippen LogP contribution in [-0.4, -0.2) is 30.1 Å². The van der Waals surface area contributed by atoms with Crippen LogP contribution in [0.25, 0.3) is 17.2 Å². The molecular formula is C25H22N2O2S. The zero-order valence-electron chi connectivity index (χ0n) is 17.1. The van der Waals surface area contributed by atoms with Crippen molar-refractivity contribution in [3.63, 3.8) is 0 Å². The molecule has 1 aliphatic rings. The van der Waals surface area contributed by atoms with Gasteiger partial charge in [-0.15, -0.1) is 0 Å². The smallest absolute Gasteiger partial charge is 0.266 e. The van der Waals surface area contributed by atoms with Crippen LogP contribution in [0.5, 0.6) is 5.75 Å². The molecule has 3 aromatic carbocycles. The highest BCUT2D eigenvalue weighted by Gasteiger charge is 2.30. The number of likely N-dealkylation sites (N-methyl/N-ethyl adjacent to an activating group) is 1. The van der Waals surface area contributed by atoms with Crippen molar-refractivity contribution in [3.8, 4) is 16.9 Å². The highest BCUT2D eigenvalue weighted by molar-refractivity contribution is 8.18.